The number of carbonyl (C=O) groups excluding carboxylic acids is 2. The first kappa shape index (κ1) is 26.9. The summed E-state index contributed by atoms with van der Waals surface area (Å²) in [5.74, 6) is 1.58. The Kier molecular flexibility index (Phi) is 9.29. The van der Waals surface area contributed by atoms with Gasteiger partial charge in [-0.2, -0.15) is 0 Å². The van der Waals surface area contributed by atoms with E-state index in [1.54, 1.807) is 18.1 Å². The van der Waals surface area contributed by atoms with E-state index in [0.29, 0.717) is 30.2 Å². The van der Waals surface area contributed by atoms with Crippen LogP contribution in [0, 0.1) is 17.8 Å². The van der Waals surface area contributed by atoms with Crippen molar-refractivity contribution in [1.29, 1.82) is 0 Å². The molecule has 2 amide bonds. The average Bonchev–Trinajstić information content (AvgIpc) is 2.84. The Morgan fingerprint density at radius 3 is 2.50 bits per heavy atom. The summed E-state index contributed by atoms with van der Waals surface area (Å²) in [6.07, 6.45) is 9.56. The molecule has 0 spiro atoms. The first-order chi connectivity index (χ1) is 17.4. The molecule has 2 fully saturated rings. The molecule has 1 heterocycles. The van der Waals surface area contributed by atoms with E-state index in [2.05, 4.69) is 24.1 Å². The highest BCUT2D eigenvalue weighted by Crippen LogP contribution is 2.31. The number of hydrogen-bond acceptors (Lipinski definition) is 5. The van der Waals surface area contributed by atoms with Crippen LogP contribution >= 0.6 is 0 Å². The molecule has 7 nitrogen and oxygen atoms in total. The minimum absolute atomic E-state index is 0.0383. The molecule has 0 aromatic heterocycles. The van der Waals surface area contributed by atoms with E-state index in [1.807, 2.05) is 19.2 Å². The van der Waals surface area contributed by atoms with Crippen molar-refractivity contribution in [3.05, 3.63) is 23.8 Å². The average molecular weight is 500 g/mol. The van der Waals surface area contributed by atoms with Crippen LogP contribution in [0.1, 0.15) is 75.6 Å². The molecule has 0 saturated heterocycles. The molecule has 0 bridgehead atoms. The highest BCUT2D eigenvalue weighted by atomic mass is 16.5. The van der Waals surface area contributed by atoms with Gasteiger partial charge in [0, 0.05) is 51.4 Å². The maximum Gasteiger partial charge on any atom is 0.257 e. The molecule has 1 N–H and O–H groups in total. The van der Waals surface area contributed by atoms with E-state index in [9.17, 15) is 9.59 Å². The van der Waals surface area contributed by atoms with Crippen LogP contribution in [0.25, 0.3) is 0 Å². The van der Waals surface area contributed by atoms with Crippen LogP contribution in [0.2, 0.25) is 0 Å². The Morgan fingerprint density at radius 2 is 1.83 bits per heavy atom. The summed E-state index contributed by atoms with van der Waals surface area (Å²) in [7, 11) is 3.56. The highest BCUT2D eigenvalue weighted by molar-refractivity contribution is 6.00. The van der Waals surface area contributed by atoms with Gasteiger partial charge in [0.25, 0.3) is 5.91 Å². The van der Waals surface area contributed by atoms with Gasteiger partial charge >= 0.3 is 0 Å². The molecule has 200 valence electrons. The highest BCUT2D eigenvalue weighted by Gasteiger charge is 2.30. The number of likely N-dealkylation sites (N-methyl/N-ethyl adjacent to an activating group) is 1. The number of rotatable bonds is 5. The van der Waals surface area contributed by atoms with E-state index >= 15 is 0 Å². The molecule has 36 heavy (non-hydrogen) atoms. The molecule has 2 aliphatic carbocycles. The quantitative estimate of drug-likeness (QED) is 0.630. The van der Waals surface area contributed by atoms with Crippen molar-refractivity contribution in [2.24, 2.45) is 17.8 Å². The molecule has 1 aromatic carbocycles. The van der Waals surface area contributed by atoms with Crippen molar-refractivity contribution in [2.45, 2.75) is 77.4 Å². The van der Waals surface area contributed by atoms with Crippen molar-refractivity contribution in [1.82, 2.24) is 9.80 Å². The number of hydrogen-bond donors (Lipinski definition) is 1. The monoisotopic (exact) mass is 499 g/mol. The molecule has 3 aliphatic rings. The van der Waals surface area contributed by atoms with Gasteiger partial charge in [0.05, 0.1) is 11.7 Å². The summed E-state index contributed by atoms with van der Waals surface area (Å²) >= 11 is 0. The lowest BCUT2D eigenvalue weighted by Crippen LogP contribution is -2.48. The van der Waals surface area contributed by atoms with Gasteiger partial charge in [0.15, 0.2) is 0 Å². The molecule has 4 rings (SSSR count). The summed E-state index contributed by atoms with van der Waals surface area (Å²) in [5, 5.41) is 3.01. The van der Waals surface area contributed by atoms with E-state index in [0.717, 1.165) is 38.3 Å². The lowest BCUT2D eigenvalue weighted by atomic mass is 9.85. The van der Waals surface area contributed by atoms with Crippen LogP contribution in [-0.4, -0.2) is 74.2 Å². The number of nitrogens with one attached hydrogen (secondary N) is 1. The predicted molar refractivity (Wildman–Crippen MR) is 142 cm³/mol. The lowest BCUT2D eigenvalue weighted by Gasteiger charge is -2.38. The number of fused-ring (bicyclic) bond motifs is 1. The molecular formula is C29H45N3O4. The largest absolute Gasteiger partial charge is 0.491 e. The summed E-state index contributed by atoms with van der Waals surface area (Å²) in [5.41, 5.74) is 1.13. The number of benzene rings is 1. The first-order valence-corrected chi connectivity index (χ1v) is 14.0. The Labute approximate surface area is 216 Å². The van der Waals surface area contributed by atoms with Gasteiger partial charge in [-0.25, -0.2) is 0 Å². The smallest absolute Gasteiger partial charge is 0.257 e. The van der Waals surface area contributed by atoms with Crippen LogP contribution in [0.3, 0.4) is 0 Å². The van der Waals surface area contributed by atoms with Crippen LogP contribution in [0.5, 0.6) is 5.75 Å². The Hall–Kier alpha value is -2.12. The van der Waals surface area contributed by atoms with Gasteiger partial charge in [-0.1, -0.05) is 32.6 Å². The third-order valence-electron chi connectivity index (χ3n) is 8.53. The van der Waals surface area contributed by atoms with E-state index < -0.39 is 0 Å². The molecule has 1 aromatic rings. The lowest BCUT2D eigenvalue weighted by molar-refractivity contribution is -0.122. The van der Waals surface area contributed by atoms with Gasteiger partial charge in [0.2, 0.25) is 5.91 Å². The zero-order valence-electron chi connectivity index (χ0n) is 22.6. The van der Waals surface area contributed by atoms with Crippen LogP contribution in [0.4, 0.5) is 5.69 Å². The first-order valence-electron chi connectivity index (χ1n) is 14.0. The van der Waals surface area contributed by atoms with Gasteiger partial charge in [-0.05, 0) is 62.6 Å². The van der Waals surface area contributed by atoms with Gasteiger partial charge in [0.1, 0.15) is 12.4 Å². The molecule has 0 radical (unpaired) electrons. The topological polar surface area (TPSA) is 71.1 Å². The van der Waals surface area contributed by atoms with Crippen molar-refractivity contribution >= 4 is 17.5 Å². The fourth-order valence-corrected chi connectivity index (χ4v) is 5.80. The molecule has 1 aliphatic heterocycles. The molecule has 3 atom stereocenters. The van der Waals surface area contributed by atoms with E-state index in [4.69, 9.17) is 9.47 Å². The standard InChI is InChI=1S/C29H45N3O4/c1-20-16-32(17-22-9-6-5-7-10-22)21(2)19-36-26-14-13-24(30-28(33)23-11-8-12-23)15-25(26)29(34)31(3)18-27(20)35-4/h13-15,20-23,27H,5-12,16-19H2,1-4H3,(H,30,33)/t20-,21-,27+/m0/s1. The summed E-state index contributed by atoms with van der Waals surface area (Å²) in [4.78, 5) is 30.3. The SMILES string of the molecule is CO[C@@H]1CN(C)C(=O)c2cc(NC(=O)C3CCC3)ccc2OC[C@H](C)N(CC2CCCCC2)C[C@@H]1C. The number of carbonyl (C=O) groups is 2. The summed E-state index contributed by atoms with van der Waals surface area (Å²) < 4.78 is 12.2. The fourth-order valence-electron chi connectivity index (χ4n) is 5.80. The van der Waals surface area contributed by atoms with Crippen molar-refractivity contribution in [3.63, 3.8) is 0 Å². The zero-order chi connectivity index (χ0) is 25.7. The number of anilines is 1. The predicted octanol–water partition coefficient (Wildman–Crippen LogP) is 4.81. The van der Waals surface area contributed by atoms with Crippen LogP contribution < -0.4 is 10.1 Å². The molecule has 2 saturated carbocycles. The van der Waals surface area contributed by atoms with Gasteiger partial charge in [-0.3, -0.25) is 14.5 Å². The van der Waals surface area contributed by atoms with E-state index in [1.165, 1.54) is 32.1 Å². The normalized spacial score (nSPS) is 27.3. The van der Waals surface area contributed by atoms with Gasteiger partial charge in [-0.15, -0.1) is 0 Å². The van der Waals surface area contributed by atoms with Crippen LogP contribution in [0.15, 0.2) is 18.2 Å². The molecular weight excluding hydrogens is 454 g/mol. The second-order valence-corrected chi connectivity index (χ2v) is 11.4. The van der Waals surface area contributed by atoms with Gasteiger partial charge < -0.3 is 19.7 Å². The summed E-state index contributed by atoms with van der Waals surface area (Å²) in [6.45, 7) is 7.46. The van der Waals surface area contributed by atoms with Crippen molar-refractivity contribution in [3.8, 4) is 5.75 Å². The molecule has 7 heteroatoms. The minimum atomic E-state index is -0.119. The number of nitrogens with zero attached hydrogens (tertiary/aromatic N) is 2. The maximum absolute atomic E-state index is 13.5. The Bertz CT molecular complexity index is 897. The second kappa shape index (κ2) is 12.4. The molecule has 0 unspecified atom stereocenters. The number of amides is 2. The van der Waals surface area contributed by atoms with Crippen LogP contribution in [-0.2, 0) is 9.53 Å². The minimum Gasteiger partial charge on any atom is -0.491 e. The summed E-state index contributed by atoms with van der Waals surface area (Å²) in [6, 6.07) is 5.66. The second-order valence-electron chi connectivity index (χ2n) is 11.4. The Balaban J connectivity index is 1.57. The number of methoxy groups -OCH3 is 1. The number of ether oxygens (including phenoxy) is 2. The maximum atomic E-state index is 13.5. The van der Waals surface area contributed by atoms with Crippen molar-refractivity contribution < 1.29 is 19.1 Å². The fraction of sp³-hybridized carbons (Fsp3) is 0.724. The van der Waals surface area contributed by atoms with Crippen molar-refractivity contribution in [2.75, 3.05) is 45.7 Å². The third kappa shape index (κ3) is 6.60. The zero-order valence-corrected chi connectivity index (χ0v) is 22.6. The third-order valence-corrected chi connectivity index (χ3v) is 8.53. The Morgan fingerprint density at radius 1 is 1.08 bits per heavy atom. The van der Waals surface area contributed by atoms with E-state index in [-0.39, 0.29) is 35.8 Å².